The van der Waals surface area contributed by atoms with Crippen molar-refractivity contribution < 1.29 is 9.84 Å². The molecule has 0 aliphatic carbocycles. The maximum atomic E-state index is 8.93. The van der Waals surface area contributed by atoms with Crippen LogP contribution in [0.15, 0.2) is 0 Å². The minimum atomic E-state index is 0.326. The molecule has 1 unspecified atom stereocenters. The van der Waals surface area contributed by atoms with Crippen molar-refractivity contribution >= 4 is 0 Å². The van der Waals surface area contributed by atoms with Crippen LogP contribution in [0.4, 0.5) is 0 Å². The number of nitrogens with zero attached hydrogens (tertiary/aromatic N) is 1. The van der Waals surface area contributed by atoms with Crippen LogP contribution in [0.25, 0.3) is 0 Å². The molecule has 0 aromatic heterocycles. The summed E-state index contributed by atoms with van der Waals surface area (Å²) in [4.78, 5) is 2.50. The Bertz CT molecular complexity index is 157. The van der Waals surface area contributed by atoms with Gasteiger partial charge in [0.25, 0.3) is 0 Å². The van der Waals surface area contributed by atoms with E-state index >= 15 is 0 Å². The quantitative estimate of drug-likeness (QED) is 0.652. The topological polar surface area (TPSA) is 36.0 Å². The molecular weight excluding hydrogens is 166 g/mol. The fourth-order valence-corrected chi connectivity index (χ4v) is 2.21. The SMILES string of the molecule is OCCC1CCCCN1C[C@H]1CO1. The first kappa shape index (κ1) is 9.44. The normalized spacial score (nSPS) is 34.8. The van der Waals surface area contributed by atoms with E-state index in [1.807, 2.05) is 0 Å². The van der Waals surface area contributed by atoms with Crippen LogP contribution >= 0.6 is 0 Å². The first-order chi connectivity index (χ1) is 6.40. The summed E-state index contributed by atoms with van der Waals surface area (Å²) in [7, 11) is 0. The van der Waals surface area contributed by atoms with E-state index in [4.69, 9.17) is 9.84 Å². The number of likely N-dealkylation sites (tertiary alicyclic amines) is 1. The molecule has 0 bridgehead atoms. The summed E-state index contributed by atoms with van der Waals surface area (Å²) < 4.78 is 5.23. The van der Waals surface area contributed by atoms with Crippen LogP contribution in [0.1, 0.15) is 25.7 Å². The average Bonchev–Trinajstić information content (AvgIpc) is 2.93. The van der Waals surface area contributed by atoms with E-state index in [1.165, 1.54) is 25.8 Å². The summed E-state index contributed by atoms with van der Waals surface area (Å²) in [5.74, 6) is 0. The molecule has 1 N–H and O–H groups in total. The fraction of sp³-hybridized carbons (Fsp3) is 1.00. The molecule has 2 heterocycles. The van der Waals surface area contributed by atoms with Crippen LogP contribution in [-0.4, -0.2) is 48.5 Å². The van der Waals surface area contributed by atoms with Crippen molar-refractivity contribution in [2.75, 3.05) is 26.3 Å². The van der Waals surface area contributed by atoms with Gasteiger partial charge in [0, 0.05) is 19.2 Å². The first-order valence-electron chi connectivity index (χ1n) is 5.36. The van der Waals surface area contributed by atoms with Crippen molar-refractivity contribution in [2.24, 2.45) is 0 Å². The van der Waals surface area contributed by atoms with Gasteiger partial charge in [-0.25, -0.2) is 0 Å². The summed E-state index contributed by atoms with van der Waals surface area (Å²) in [6.45, 7) is 3.56. The van der Waals surface area contributed by atoms with Crippen LogP contribution in [0.5, 0.6) is 0 Å². The molecule has 2 atom stereocenters. The van der Waals surface area contributed by atoms with Gasteiger partial charge >= 0.3 is 0 Å². The number of rotatable bonds is 4. The molecule has 0 saturated carbocycles. The van der Waals surface area contributed by atoms with Crippen LogP contribution < -0.4 is 0 Å². The molecule has 76 valence electrons. The lowest BCUT2D eigenvalue weighted by Gasteiger charge is -2.35. The third kappa shape index (κ3) is 2.66. The maximum Gasteiger partial charge on any atom is 0.0936 e. The number of aliphatic hydroxyl groups excluding tert-OH is 1. The predicted molar refractivity (Wildman–Crippen MR) is 50.7 cm³/mol. The number of piperidine rings is 1. The highest BCUT2D eigenvalue weighted by Crippen LogP contribution is 2.22. The van der Waals surface area contributed by atoms with Crippen molar-refractivity contribution in [2.45, 2.75) is 37.8 Å². The third-order valence-electron chi connectivity index (χ3n) is 3.05. The van der Waals surface area contributed by atoms with E-state index in [9.17, 15) is 0 Å². The second kappa shape index (κ2) is 4.40. The van der Waals surface area contributed by atoms with Gasteiger partial charge in [0.2, 0.25) is 0 Å². The van der Waals surface area contributed by atoms with Crippen molar-refractivity contribution in [1.82, 2.24) is 4.90 Å². The highest BCUT2D eigenvalue weighted by molar-refractivity contribution is 4.82. The molecule has 0 spiro atoms. The van der Waals surface area contributed by atoms with Crippen LogP contribution in [0.3, 0.4) is 0 Å². The molecule has 2 fully saturated rings. The number of ether oxygens (including phenoxy) is 1. The monoisotopic (exact) mass is 185 g/mol. The fourth-order valence-electron chi connectivity index (χ4n) is 2.21. The van der Waals surface area contributed by atoms with Gasteiger partial charge in [0.05, 0.1) is 12.7 Å². The van der Waals surface area contributed by atoms with Gasteiger partial charge in [-0.1, -0.05) is 6.42 Å². The Morgan fingerprint density at radius 3 is 2.92 bits per heavy atom. The summed E-state index contributed by atoms with van der Waals surface area (Å²) in [5.41, 5.74) is 0. The Morgan fingerprint density at radius 1 is 1.38 bits per heavy atom. The lowest BCUT2D eigenvalue weighted by molar-refractivity contribution is 0.110. The van der Waals surface area contributed by atoms with E-state index in [-0.39, 0.29) is 0 Å². The molecule has 0 radical (unpaired) electrons. The predicted octanol–water partition coefficient (Wildman–Crippen LogP) is 0.622. The Labute approximate surface area is 79.7 Å². The second-order valence-electron chi connectivity index (χ2n) is 4.11. The summed E-state index contributed by atoms with van der Waals surface area (Å²) in [6, 6.07) is 0.614. The van der Waals surface area contributed by atoms with Gasteiger partial charge in [-0.2, -0.15) is 0 Å². The molecule has 0 amide bonds. The number of aliphatic hydroxyl groups is 1. The number of hydrogen-bond donors (Lipinski definition) is 1. The molecule has 3 nitrogen and oxygen atoms in total. The zero-order valence-corrected chi connectivity index (χ0v) is 8.11. The molecule has 13 heavy (non-hydrogen) atoms. The molecule has 2 saturated heterocycles. The van der Waals surface area contributed by atoms with Gasteiger partial charge in [0.1, 0.15) is 0 Å². The van der Waals surface area contributed by atoms with E-state index in [0.29, 0.717) is 18.8 Å². The smallest absolute Gasteiger partial charge is 0.0936 e. The molecule has 2 rings (SSSR count). The zero-order valence-electron chi connectivity index (χ0n) is 8.11. The average molecular weight is 185 g/mol. The Balaban J connectivity index is 1.79. The van der Waals surface area contributed by atoms with E-state index in [0.717, 1.165) is 19.6 Å². The molecule has 0 aromatic rings. The van der Waals surface area contributed by atoms with Crippen molar-refractivity contribution in [3.63, 3.8) is 0 Å². The lowest BCUT2D eigenvalue weighted by atomic mass is 9.99. The number of hydrogen-bond acceptors (Lipinski definition) is 3. The summed E-state index contributed by atoms with van der Waals surface area (Å²) in [6.07, 6.45) is 5.33. The van der Waals surface area contributed by atoms with Crippen molar-refractivity contribution in [3.8, 4) is 0 Å². The van der Waals surface area contributed by atoms with Gasteiger partial charge in [0.15, 0.2) is 0 Å². The highest BCUT2D eigenvalue weighted by atomic mass is 16.6. The van der Waals surface area contributed by atoms with Crippen LogP contribution in [0.2, 0.25) is 0 Å². The molecule has 2 aliphatic rings. The minimum absolute atomic E-state index is 0.326. The van der Waals surface area contributed by atoms with Crippen LogP contribution in [-0.2, 0) is 4.74 Å². The Kier molecular flexibility index (Phi) is 3.19. The number of epoxide rings is 1. The molecule has 0 aromatic carbocycles. The van der Waals surface area contributed by atoms with E-state index in [1.54, 1.807) is 0 Å². The van der Waals surface area contributed by atoms with Gasteiger partial charge in [-0.15, -0.1) is 0 Å². The van der Waals surface area contributed by atoms with E-state index in [2.05, 4.69) is 4.90 Å². The Morgan fingerprint density at radius 2 is 2.23 bits per heavy atom. The Hall–Kier alpha value is -0.120. The van der Waals surface area contributed by atoms with Gasteiger partial charge < -0.3 is 9.84 Å². The van der Waals surface area contributed by atoms with Gasteiger partial charge in [-0.3, -0.25) is 4.90 Å². The minimum Gasteiger partial charge on any atom is -0.396 e. The molecular formula is C10H19NO2. The summed E-state index contributed by atoms with van der Waals surface area (Å²) >= 11 is 0. The maximum absolute atomic E-state index is 8.93. The van der Waals surface area contributed by atoms with Crippen molar-refractivity contribution in [3.05, 3.63) is 0 Å². The standard InChI is InChI=1S/C10H19NO2/c12-6-4-9-3-1-2-5-11(9)7-10-8-13-10/h9-10,12H,1-8H2/t9?,10-/m0/s1. The lowest BCUT2D eigenvalue weighted by Crippen LogP contribution is -2.42. The highest BCUT2D eigenvalue weighted by Gasteiger charge is 2.30. The first-order valence-corrected chi connectivity index (χ1v) is 5.36. The van der Waals surface area contributed by atoms with Crippen molar-refractivity contribution in [1.29, 1.82) is 0 Å². The molecule has 3 heteroatoms. The molecule has 2 aliphatic heterocycles. The van der Waals surface area contributed by atoms with Gasteiger partial charge in [-0.05, 0) is 25.8 Å². The van der Waals surface area contributed by atoms with Crippen LogP contribution in [0, 0.1) is 0 Å². The third-order valence-corrected chi connectivity index (χ3v) is 3.05. The largest absolute Gasteiger partial charge is 0.396 e. The second-order valence-corrected chi connectivity index (χ2v) is 4.11. The summed E-state index contributed by atoms with van der Waals surface area (Å²) in [5, 5.41) is 8.93. The zero-order chi connectivity index (χ0) is 9.10. The van der Waals surface area contributed by atoms with E-state index < -0.39 is 0 Å².